The highest BCUT2D eigenvalue weighted by Gasteiger charge is 2.21. The van der Waals surface area contributed by atoms with Crippen LogP contribution in [0.15, 0.2) is 65.7 Å². The average molecular weight is 492 g/mol. The quantitative estimate of drug-likeness (QED) is 0.278. The Kier molecular flexibility index (Phi) is 7.57. The Labute approximate surface area is 206 Å². The molecule has 9 heteroatoms. The van der Waals surface area contributed by atoms with Gasteiger partial charge in [0.15, 0.2) is 0 Å². The molecule has 0 aliphatic rings. The first-order valence-electron chi connectivity index (χ1n) is 11.2. The Hall–Kier alpha value is -3.98. The summed E-state index contributed by atoms with van der Waals surface area (Å²) in [6.45, 7) is 3.78. The molecule has 0 saturated carbocycles. The van der Waals surface area contributed by atoms with Gasteiger partial charge in [-0.05, 0) is 42.7 Å². The highest BCUT2D eigenvalue weighted by molar-refractivity contribution is 7.20. The molecule has 0 bridgehead atoms. The molecule has 1 amide bonds. The molecule has 4 aromatic rings. The number of carbonyl (C=O) groups excluding carboxylic acids is 2. The number of carbonyl (C=O) groups is 2. The summed E-state index contributed by atoms with van der Waals surface area (Å²) in [4.78, 5) is 43.3. The van der Waals surface area contributed by atoms with Crippen LogP contribution in [0.25, 0.3) is 10.2 Å². The molecule has 35 heavy (non-hydrogen) atoms. The fourth-order valence-electron chi connectivity index (χ4n) is 3.64. The van der Waals surface area contributed by atoms with Gasteiger partial charge in [0, 0.05) is 5.69 Å². The number of hydrogen-bond acceptors (Lipinski definition) is 7. The second-order valence-corrected chi connectivity index (χ2v) is 8.77. The summed E-state index contributed by atoms with van der Waals surface area (Å²) >= 11 is 1.10. The van der Waals surface area contributed by atoms with Crippen molar-refractivity contribution in [2.45, 2.75) is 26.8 Å². The molecule has 1 N–H and O–H groups in total. The Morgan fingerprint density at radius 2 is 1.80 bits per heavy atom. The Balaban J connectivity index is 1.44. The minimum absolute atomic E-state index is 0.0679. The Bertz CT molecular complexity index is 1410. The number of benzene rings is 2. The number of fused-ring (bicyclic) bond motifs is 1. The minimum atomic E-state index is -0.540. The third-order valence-electron chi connectivity index (χ3n) is 5.42. The molecule has 0 unspecified atom stereocenters. The molecule has 0 spiro atoms. The van der Waals surface area contributed by atoms with Gasteiger partial charge in [0.2, 0.25) is 5.91 Å². The van der Waals surface area contributed by atoms with E-state index >= 15 is 0 Å². The normalized spacial score (nSPS) is 10.8. The number of thiophene rings is 1. The van der Waals surface area contributed by atoms with Crippen LogP contribution >= 0.6 is 11.3 Å². The SMILES string of the molecule is CCc1ccccc1NC(=O)Cn1cnc2sc(C(=O)OCCOc3ccccc3)c(C)c2c1=O. The van der Waals surface area contributed by atoms with Gasteiger partial charge in [-0.2, -0.15) is 0 Å². The number of rotatable bonds is 9. The molecule has 4 rings (SSSR count). The maximum absolute atomic E-state index is 13.1. The van der Waals surface area contributed by atoms with Gasteiger partial charge in [-0.3, -0.25) is 14.2 Å². The first kappa shape index (κ1) is 24.2. The van der Waals surface area contributed by atoms with Crippen LogP contribution in [-0.2, 0) is 22.5 Å². The molecule has 0 aliphatic carbocycles. The predicted molar refractivity (Wildman–Crippen MR) is 135 cm³/mol. The smallest absolute Gasteiger partial charge is 0.348 e. The second-order valence-electron chi connectivity index (χ2n) is 7.77. The van der Waals surface area contributed by atoms with E-state index in [1.807, 2.05) is 61.5 Å². The topological polar surface area (TPSA) is 99.5 Å². The van der Waals surface area contributed by atoms with E-state index in [1.54, 1.807) is 6.92 Å². The third-order valence-corrected chi connectivity index (χ3v) is 6.60. The number of ether oxygens (including phenoxy) is 2. The molecule has 180 valence electrons. The van der Waals surface area contributed by atoms with Gasteiger partial charge >= 0.3 is 5.97 Å². The van der Waals surface area contributed by atoms with Crippen molar-refractivity contribution in [2.75, 3.05) is 18.5 Å². The number of anilines is 1. The lowest BCUT2D eigenvalue weighted by molar-refractivity contribution is -0.116. The summed E-state index contributed by atoms with van der Waals surface area (Å²) in [7, 11) is 0. The van der Waals surface area contributed by atoms with Crippen molar-refractivity contribution >= 4 is 39.1 Å². The minimum Gasteiger partial charge on any atom is -0.490 e. The second kappa shape index (κ2) is 11.0. The van der Waals surface area contributed by atoms with Crippen LogP contribution in [0.2, 0.25) is 0 Å². The first-order valence-corrected chi connectivity index (χ1v) is 12.0. The lowest BCUT2D eigenvalue weighted by atomic mass is 10.1. The molecule has 2 heterocycles. The van der Waals surface area contributed by atoms with Crippen LogP contribution < -0.4 is 15.6 Å². The van der Waals surface area contributed by atoms with Crippen molar-refractivity contribution in [3.8, 4) is 5.75 Å². The van der Waals surface area contributed by atoms with E-state index in [0.29, 0.717) is 26.4 Å². The number of nitrogens with zero attached hydrogens (tertiary/aromatic N) is 2. The Morgan fingerprint density at radius 3 is 2.57 bits per heavy atom. The molecule has 2 aromatic heterocycles. The van der Waals surface area contributed by atoms with E-state index < -0.39 is 5.97 Å². The van der Waals surface area contributed by atoms with E-state index in [9.17, 15) is 14.4 Å². The van der Waals surface area contributed by atoms with E-state index in [1.165, 1.54) is 10.9 Å². The van der Waals surface area contributed by atoms with Crippen molar-refractivity contribution in [1.29, 1.82) is 0 Å². The molecule has 0 saturated heterocycles. The van der Waals surface area contributed by atoms with Crippen molar-refractivity contribution in [1.82, 2.24) is 9.55 Å². The van der Waals surface area contributed by atoms with Gasteiger partial charge in [-0.25, -0.2) is 9.78 Å². The standard InChI is InChI=1S/C26H25N3O5S/c1-3-18-9-7-8-12-20(18)28-21(30)15-29-16-27-24-22(25(29)31)17(2)23(35-24)26(32)34-14-13-33-19-10-5-4-6-11-19/h4-12,16H,3,13-15H2,1-2H3,(H,28,30). The zero-order valence-corrected chi connectivity index (χ0v) is 20.3. The van der Waals surface area contributed by atoms with Crippen LogP contribution in [0.4, 0.5) is 5.69 Å². The zero-order chi connectivity index (χ0) is 24.8. The summed E-state index contributed by atoms with van der Waals surface area (Å²) in [5.41, 5.74) is 1.83. The van der Waals surface area contributed by atoms with Crippen LogP contribution in [0.1, 0.15) is 27.7 Å². The maximum atomic E-state index is 13.1. The van der Waals surface area contributed by atoms with Gasteiger partial charge < -0.3 is 14.8 Å². The van der Waals surface area contributed by atoms with E-state index in [0.717, 1.165) is 29.0 Å². The number of aromatic nitrogens is 2. The predicted octanol–water partition coefficient (Wildman–Crippen LogP) is 4.20. The largest absolute Gasteiger partial charge is 0.490 e. The maximum Gasteiger partial charge on any atom is 0.348 e. The highest BCUT2D eigenvalue weighted by Crippen LogP contribution is 2.27. The van der Waals surface area contributed by atoms with Gasteiger partial charge in [0.25, 0.3) is 5.56 Å². The van der Waals surface area contributed by atoms with Crippen LogP contribution in [0, 0.1) is 6.92 Å². The molecular formula is C26H25N3O5S. The van der Waals surface area contributed by atoms with Crippen molar-refractivity contribution < 1.29 is 19.1 Å². The molecule has 0 atom stereocenters. The zero-order valence-electron chi connectivity index (χ0n) is 19.4. The summed E-state index contributed by atoms with van der Waals surface area (Å²) in [6.07, 6.45) is 2.10. The first-order chi connectivity index (χ1) is 17.0. The lowest BCUT2D eigenvalue weighted by Crippen LogP contribution is -2.28. The van der Waals surface area contributed by atoms with Gasteiger partial charge in [0.1, 0.15) is 35.2 Å². The molecule has 8 nitrogen and oxygen atoms in total. The van der Waals surface area contributed by atoms with E-state index in [4.69, 9.17) is 9.47 Å². The van der Waals surface area contributed by atoms with Crippen molar-refractivity contribution in [2.24, 2.45) is 0 Å². The van der Waals surface area contributed by atoms with Crippen LogP contribution in [0.3, 0.4) is 0 Å². The van der Waals surface area contributed by atoms with Gasteiger partial charge in [-0.15, -0.1) is 11.3 Å². The van der Waals surface area contributed by atoms with Crippen molar-refractivity contribution in [3.63, 3.8) is 0 Å². The molecule has 0 fully saturated rings. The summed E-state index contributed by atoms with van der Waals surface area (Å²) in [5.74, 6) is -0.185. The summed E-state index contributed by atoms with van der Waals surface area (Å²) in [5, 5.41) is 3.17. The number of amides is 1. The number of para-hydroxylation sites is 2. The third kappa shape index (κ3) is 5.58. The molecular weight excluding hydrogens is 466 g/mol. The highest BCUT2D eigenvalue weighted by atomic mass is 32.1. The number of nitrogens with one attached hydrogen (secondary N) is 1. The number of aryl methyl sites for hydroxylation is 2. The Morgan fingerprint density at radius 1 is 1.06 bits per heavy atom. The fraction of sp³-hybridized carbons (Fsp3) is 0.231. The summed E-state index contributed by atoms with van der Waals surface area (Å²) in [6, 6.07) is 16.8. The van der Waals surface area contributed by atoms with Crippen LogP contribution in [0.5, 0.6) is 5.75 Å². The molecule has 2 aromatic carbocycles. The van der Waals surface area contributed by atoms with Gasteiger partial charge in [-0.1, -0.05) is 43.3 Å². The fourth-order valence-corrected chi connectivity index (χ4v) is 4.67. The van der Waals surface area contributed by atoms with Crippen molar-refractivity contribution in [3.05, 3.63) is 87.3 Å². The molecule has 0 radical (unpaired) electrons. The number of hydrogen-bond donors (Lipinski definition) is 1. The van der Waals surface area contributed by atoms with E-state index in [-0.39, 0.29) is 31.2 Å². The molecule has 0 aliphatic heterocycles. The monoisotopic (exact) mass is 491 g/mol. The van der Waals surface area contributed by atoms with Crippen LogP contribution in [-0.4, -0.2) is 34.6 Å². The summed E-state index contributed by atoms with van der Waals surface area (Å²) < 4.78 is 12.1. The van der Waals surface area contributed by atoms with Gasteiger partial charge in [0.05, 0.1) is 11.7 Å². The average Bonchev–Trinajstić information content (AvgIpc) is 3.21. The van der Waals surface area contributed by atoms with E-state index in [2.05, 4.69) is 10.3 Å². The lowest BCUT2D eigenvalue weighted by Gasteiger charge is -2.10. The number of esters is 1.